The van der Waals surface area contributed by atoms with Crippen LogP contribution in [0.1, 0.15) is 45.0 Å². The first-order valence-electron chi connectivity index (χ1n) is 17.7. The molecule has 53 heavy (non-hydrogen) atoms. The Morgan fingerprint density at radius 3 is 1.81 bits per heavy atom. The van der Waals surface area contributed by atoms with Gasteiger partial charge in [-0.25, -0.2) is 4.79 Å². The number of hydrogen-bond acceptors (Lipinski definition) is 8. The number of nitrogens with zero attached hydrogens (tertiary/aromatic N) is 1. The molecule has 1 aliphatic heterocycles. The van der Waals surface area contributed by atoms with Crippen molar-refractivity contribution in [3.8, 4) is 0 Å². The van der Waals surface area contributed by atoms with Crippen LogP contribution in [0.2, 0.25) is 5.04 Å². The summed E-state index contributed by atoms with van der Waals surface area (Å²) in [5.41, 5.74) is -0.907. The van der Waals surface area contributed by atoms with Crippen molar-refractivity contribution in [1.82, 2.24) is 9.55 Å². The van der Waals surface area contributed by atoms with E-state index in [0.29, 0.717) is 0 Å². The lowest BCUT2D eigenvalue weighted by Crippen LogP contribution is -2.68. The fraction of sp³-hybridized carbons (Fsp3) is 0.310. The Balaban J connectivity index is 1.51. The largest absolute Gasteiger partial charge is 0.455 e. The first kappa shape index (κ1) is 37.8. The molecule has 1 saturated heterocycles. The summed E-state index contributed by atoms with van der Waals surface area (Å²) in [5, 5.41) is 1.73. The Kier molecular flexibility index (Phi) is 11.7. The molecule has 1 fully saturated rings. The number of H-pyrrole nitrogens is 1. The van der Waals surface area contributed by atoms with Crippen LogP contribution in [-0.4, -0.2) is 54.9 Å². The zero-order valence-corrected chi connectivity index (χ0v) is 31.5. The molecule has 5 aromatic rings. The smallest absolute Gasteiger partial charge is 0.330 e. The molecule has 0 aliphatic carbocycles. The van der Waals surface area contributed by atoms with E-state index >= 15 is 0 Å². The molecule has 4 atom stereocenters. The van der Waals surface area contributed by atoms with E-state index < -0.39 is 49.6 Å². The van der Waals surface area contributed by atoms with Gasteiger partial charge < -0.3 is 23.4 Å². The molecule has 0 radical (unpaired) electrons. The number of esters is 1. The fourth-order valence-electron chi connectivity index (χ4n) is 7.17. The molecule has 276 valence electrons. The second kappa shape index (κ2) is 16.4. The van der Waals surface area contributed by atoms with Gasteiger partial charge in [-0.3, -0.25) is 19.1 Å². The van der Waals surface area contributed by atoms with Gasteiger partial charge in [-0.2, -0.15) is 0 Å². The third kappa shape index (κ3) is 8.35. The van der Waals surface area contributed by atoms with E-state index in [0.717, 1.165) is 21.5 Å². The Hall–Kier alpha value is -4.91. The van der Waals surface area contributed by atoms with E-state index in [2.05, 4.69) is 50.0 Å². The summed E-state index contributed by atoms with van der Waals surface area (Å²) in [6.45, 7) is 8.12. The van der Waals surface area contributed by atoms with E-state index in [4.69, 9.17) is 23.4 Å². The third-order valence-corrected chi connectivity index (χ3v) is 14.5. The molecule has 1 aromatic heterocycles. The van der Waals surface area contributed by atoms with E-state index in [9.17, 15) is 14.4 Å². The molecular weight excluding hydrogens is 689 g/mol. The van der Waals surface area contributed by atoms with Gasteiger partial charge in [0.2, 0.25) is 0 Å². The highest BCUT2D eigenvalue weighted by atomic mass is 28.4. The highest BCUT2D eigenvalue weighted by Crippen LogP contribution is 2.44. The molecule has 0 bridgehead atoms. The maximum absolute atomic E-state index is 13.4. The van der Waals surface area contributed by atoms with Crippen molar-refractivity contribution in [3.63, 3.8) is 0 Å². The number of benzene rings is 4. The number of aromatic nitrogens is 2. The van der Waals surface area contributed by atoms with Crippen molar-refractivity contribution in [3.05, 3.63) is 166 Å². The van der Waals surface area contributed by atoms with Crippen molar-refractivity contribution in [2.75, 3.05) is 13.2 Å². The second-order valence-corrected chi connectivity index (χ2v) is 18.6. The lowest BCUT2D eigenvalue weighted by molar-refractivity contribution is -0.173. The Morgan fingerprint density at radius 1 is 0.774 bits per heavy atom. The lowest BCUT2D eigenvalue weighted by atomic mass is 9.96. The summed E-state index contributed by atoms with van der Waals surface area (Å²) >= 11 is 0. The molecular formula is C42H46N2O8Si. The molecule has 1 unspecified atom stereocenters. The molecule has 10 nitrogen and oxygen atoms in total. The van der Waals surface area contributed by atoms with Gasteiger partial charge in [0.05, 0.1) is 26.4 Å². The van der Waals surface area contributed by atoms with E-state index in [1.807, 2.05) is 97.1 Å². The monoisotopic (exact) mass is 734 g/mol. The fourth-order valence-corrected chi connectivity index (χ4v) is 11.8. The van der Waals surface area contributed by atoms with Crippen LogP contribution < -0.4 is 21.6 Å². The van der Waals surface area contributed by atoms with Crippen molar-refractivity contribution < 1.29 is 28.2 Å². The molecule has 0 spiro atoms. The van der Waals surface area contributed by atoms with E-state index in [1.165, 1.54) is 23.8 Å². The third-order valence-electron chi connectivity index (χ3n) is 9.56. The summed E-state index contributed by atoms with van der Waals surface area (Å²) in [4.78, 5) is 40.7. The molecule has 1 N–H and O–H groups in total. The van der Waals surface area contributed by atoms with Crippen molar-refractivity contribution in [2.45, 2.75) is 70.0 Å². The first-order valence-corrected chi connectivity index (χ1v) is 19.6. The van der Waals surface area contributed by atoms with Crippen LogP contribution in [0.3, 0.4) is 0 Å². The number of hydrogen-bond donors (Lipinski definition) is 1. The predicted octanol–water partition coefficient (Wildman–Crippen LogP) is 5.11. The van der Waals surface area contributed by atoms with Crippen LogP contribution in [0.5, 0.6) is 0 Å². The summed E-state index contributed by atoms with van der Waals surface area (Å²) < 4.78 is 35.0. The quantitative estimate of drug-likeness (QED) is 0.124. The zero-order chi connectivity index (χ0) is 37.5. The number of rotatable bonds is 14. The van der Waals surface area contributed by atoms with Crippen molar-refractivity contribution >= 4 is 24.7 Å². The van der Waals surface area contributed by atoms with E-state index in [1.54, 1.807) is 0 Å². The SMILES string of the molecule is CC(=O)O[C@@H]1[C@H](n2ccc(=O)[nH]c2=O)OC(COCc2ccccc2)(CO[Si](c2ccccc2)(c2ccccc2)C(C)(C)C)[C@@H]1OCc1ccccc1. The molecule has 1 aliphatic rings. The standard InChI is InChI=1S/C42H46N2O8Si/c1-31(45)51-37-38(49-28-33-19-11-6-12-20-33)42(29-48-27-32-17-9-5-10-18-32,52-39(37)44-26-25-36(46)43-40(44)47)30-50-53(41(2,3)4,34-21-13-7-14-22-34)35-23-15-8-16-24-35/h5-26,37-39H,27-30H2,1-4H3,(H,43,46,47)/t37-,38+,39+,42?/m0/s1. The number of nitrogens with one attached hydrogen (secondary N) is 1. The molecule has 0 saturated carbocycles. The topological polar surface area (TPSA) is 118 Å². The molecule has 2 heterocycles. The number of ether oxygens (including phenoxy) is 4. The van der Waals surface area contributed by atoms with Crippen LogP contribution >= 0.6 is 0 Å². The minimum atomic E-state index is -3.17. The maximum Gasteiger partial charge on any atom is 0.330 e. The predicted molar refractivity (Wildman–Crippen MR) is 204 cm³/mol. The van der Waals surface area contributed by atoms with Gasteiger partial charge in [-0.1, -0.05) is 142 Å². The lowest BCUT2D eigenvalue weighted by Gasteiger charge is -2.45. The minimum absolute atomic E-state index is 0.0497. The van der Waals surface area contributed by atoms with Crippen LogP contribution in [0.15, 0.2) is 143 Å². The highest BCUT2D eigenvalue weighted by molar-refractivity contribution is 6.99. The molecule has 4 aromatic carbocycles. The van der Waals surface area contributed by atoms with Crippen LogP contribution in [0.4, 0.5) is 0 Å². The summed E-state index contributed by atoms with van der Waals surface area (Å²) in [6, 6.07) is 41.0. The molecule has 0 amide bonds. The maximum atomic E-state index is 13.4. The Morgan fingerprint density at radius 2 is 1.30 bits per heavy atom. The summed E-state index contributed by atoms with van der Waals surface area (Å²) in [5.74, 6) is -0.594. The van der Waals surface area contributed by atoms with Gasteiger partial charge in [0.15, 0.2) is 12.3 Å². The zero-order valence-electron chi connectivity index (χ0n) is 30.5. The van der Waals surface area contributed by atoms with Gasteiger partial charge in [-0.15, -0.1) is 0 Å². The summed E-state index contributed by atoms with van der Waals surface area (Å²) in [6.07, 6.45) is -2.00. The first-order chi connectivity index (χ1) is 25.5. The van der Waals surface area contributed by atoms with Crippen molar-refractivity contribution in [1.29, 1.82) is 0 Å². The van der Waals surface area contributed by atoms with Gasteiger partial charge in [0.25, 0.3) is 13.9 Å². The van der Waals surface area contributed by atoms with Crippen molar-refractivity contribution in [2.24, 2.45) is 0 Å². The van der Waals surface area contributed by atoms with Gasteiger partial charge in [0, 0.05) is 19.2 Å². The van der Waals surface area contributed by atoms with Gasteiger partial charge in [-0.05, 0) is 26.5 Å². The summed E-state index contributed by atoms with van der Waals surface area (Å²) in [7, 11) is -3.17. The average Bonchev–Trinajstić information content (AvgIpc) is 3.43. The number of aromatic amines is 1. The Bertz CT molecular complexity index is 2010. The van der Waals surface area contributed by atoms with E-state index in [-0.39, 0.29) is 31.5 Å². The molecule has 11 heteroatoms. The van der Waals surface area contributed by atoms with Crippen LogP contribution in [0, 0.1) is 0 Å². The number of carbonyl (C=O) groups is 1. The van der Waals surface area contributed by atoms with Gasteiger partial charge in [0.1, 0.15) is 11.7 Å². The second-order valence-electron chi connectivity index (χ2n) is 14.3. The average molecular weight is 735 g/mol. The van der Waals surface area contributed by atoms with Gasteiger partial charge >= 0.3 is 11.7 Å². The Labute approximate surface area is 310 Å². The highest BCUT2D eigenvalue weighted by Gasteiger charge is 2.61. The molecule has 6 rings (SSSR count). The normalized spacial score (nSPS) is 20.3. The number of carbonyl (C=O) groups excluding carboxylic acids is 1. The minimum Gasteiger partial charge on any atom is -0.455 e. The van der Waals surface area contributed by atoms with Crippen LogP contribution in [-0.2, 0) is 41.4 Å². The van der Waals surface area contributed by atoms with Crippen LogP contribution in [0.25, 0.3) is 0 Å².